The molecule has 0 unspecified atom stereocenters. The summed E-state index contributed by atoms with van der Waals surface area (Å²) < 4.78 is 0. The summed E-state index contributed by atoms with van der Waals surface area (Å²) in [6.45, 7) is 0. The van der Waals surface area contributed by atoms with E-state index in [2.05, 4.69) is 0 Å². The van der Waals surface area contributed by atoms with Gasteiger partial charge in [-0.05, 0) is 0 Å². The summed E-state index contributed by atoms with van der Waals surface area (Å²) in [5.41, 5.74) is 0. The number of hydrogen-bond donors (Lipinski definition) is 1. The van der Waals surface area contributed by atoms with Gasteiger partial charge >= 0.3 is 0 Å². The second-order valence-corrected chi connectivity index (χ2v) is 17.0. The second-order valence-electron chi connectivity index (χ2n) is 17.0. The van der Waals surface area contributed by atoms with Crippen LogP contribution in [-0.4, -0.2) is 12.2 Å². The van der Waals surface area contributed by atoms with Gasteiger partial charge in [0.15, 0.2) is 0 Å². The molecule has 1 nitrogen and oxygen atoms in total. The fourth-order valence-corrected chi connectivity index (χ4v) is 8.49. The minimum atomic E-state index is 1.00. The Hall–Kier alpha value is -0.0400. The molecule has 4 fully saturated rings. The first-order chi connectivity index (χ1) is 25.0. The summed E-state index contributed by atoms with van der Waals surface area (Å²) in [5.74, 6) is 0. The van der Waals surface area contributed by atoms with Crippen LogP contribution in [0.3, 0.4) is 0 Å². The van der Waals surface area contributed by atoms with E-state index in [-0.39, 0.29) is 0 Å². The molecule has 0 radical (unpaired) electrons. The molecule has 0 bridgehead atoms. The largest absolute Gasteiger partial charge is 0.400 e. The van der Waals surface area contributed by atoms with Crippen molar-refractivity contribution in [2.75, 3.05) is 7.11 Å². The Labute approximate surface area is 319 Å². The van der Waals surface area contributed by atoms with Crippen LogP contribution in [0.5, 0.6) is 0 Å². The quantitative estimate of drug-likeness (QED) is 0.266. The summed E-state index contributed by atoms with van der Waals surface area (Å²) in [6.07, 6.45) is 72.0. The summed E-state index contributed by atoms with van der Waals surface area (Å²) in [6, 6.07) is 0. The molecule has 1 heteroatoms. The molecule has 0 amide bonds. The van der Waals surface area contributed by atoms with Gasteiger partial charge in [0.05, 0.1) is 0 Å². The van der Waals surface area contributed by atoms with Crippen LogP contribution in [0.15, 0.2) is 0 Å². The van der Waals surface area contributed by atoms with E-state index in [1.165, 1.54) is 308 Å². The molecule has 0 spiro atoms. The first-order valence-electron chi connectivity index (χ1n) is 24.4. The van der Waals surface area contributed by atoms with Gasteiger partial charge in [0.1, 0.15) is 0 Å². The van der Waals surface area contributed by atoms with E-state index in [1.807, 2.05) is 0 Å². The molecule has 0 aromatic heterocycles. The van der Waals surface area contributed by atoms with Gasteiger partial charge in [0.2, 0.25) is 0 Å². The van der Waals surface area contributed by atoms with Crippen LogP contribution >= 0.6 is 0 Å². The van der Waals surface area contributed by atoms with Gasteiger partial charge in [-0.2, -0.15) is 0 Å². The number of aliphatic hydroxyl groups is 1. The second kappa shape index (κ2) is 49.0. The van der Waals surface area contributed by atoms with E-state index in [0.717, 1.165) is 7.11 Å². The van der Waals surface area contributed by atoms with Gasteiger partial charge in [0.25, 0.3) is 0 Å². The summed E-state index contributed by atoms with van der Waals surface area (Å²) in [5, 5.41) is 7.00. The van der Waals surface area contributed by atoms with Gasteiger partial charge in [-0.1, -0.05) is 308 Å². The highest BCUT2D eigenvalue weighted by Gasteiger charge is 1.99. The van der Waals surface area contributed by atoms with E-state index < -0.39 is 0 Å². The van der Waals surface area contributed by atoms with Crippen molar-refractivity contribution in [2.45, 2.75) is 308 Å². The lowest BCUT2D eigenvalue weighted by molar-refractivity contribution is 0.399. The third-order valence-corrected chi connectivity index (χ3v) is 12.0. The number of hydrogen-bond acceptors (Lipinski definition) is 1. The van der Waals surface area contributed by atoms with E-state index in [0.29, 0.717) is 0 Å². The number of rotatable bonds is 0. The predicted octanol–water partition coefficient (Wildman–Crippen LogP) is 18.3. The van der Waals surface area contributed by atoms with Crippen LogP contribution < -0.4 is 0 Å². The highest BCUT2D eigenvalue weighted by molar-refractivity contribution is 4.55. The average Bonchev–Trinajstić information content (AvgIpc) is 3.11. The molecule has 50 heavy (non-hydrogen) atoms. The molecule has 4 rings (SSSR count). The molecule has 0 aromatic rings. The predicted molar refractivity (Wildman–Crippen MR) is 230 cm³/mol. The molecule has 4 aliphatic rings. The van der Waals surface area contributed by atoms with E-state index >= 15 is 0 Å². The zero-order chi connectivity index (χ0) is 35.9. The summed E-state index contributed by atoms with van der Waals surface area (Å²) in [7, 11) is 1.00. The Bertz CT molecular complexity index is 275. The van der Waals surface area contributed by atoms with Crippen LogP contribution in [0.25, 0.3) is 0 Å². The standard InChI is InChI=1S/4C12H24.CH4O/c4*1-2-4-6-8-10-12-11-9-7-5-3-1;1-2/h4*1-12H2;2H,1H3. The summed E-state index contributed by atoms with van der Waals surface area (Å²) >= 11 is 0. The zero-order valence-electron chi connectivity index (χ0n) is 35.4. The topological polar surface area (TPSA) is 20.2 Å². The fraction of sp³-hybridized carbons (Fsp3) is 1.00. The first-order valence-corrected chi connectivity index (χ1v) is 24.4. The van der Waals surface area contributed by atoms with Gasteiger partial charge < -0.3 is 5.11 Å². The van der Waals surface area contributed by atoms with Gasteiger partial charge in [-0.15, -0.1) is 0 Å². The van der Waals surface area contributed by atoms with E-state index in [9.17, 15) is 0 Å². The highest BCUT2D eigenvalue weighted by Crippen LogP contribution is 2.19. The Morgan fingerprint density at radius 1 is 0.100 bits per heavy atom. The van der Waals surface area contributed by atoms with Crippen molar-refractivity contribution < 1.29 is 5.11 Å². The lowest BCUT2D eigenvalue weighted by Gasteiger charge is -2.05. The monoisotopic (exact) mass is 705 g/mol. The van der Waals surface area contributed by atoms with E-state index in [4.69, 9.17) is 5.11 Å². The maximum absolute atomic E-state index is 7.00. The lowest BCUT2D eigenvalue weighted by Crippen LogP contribution is -1.85. The van der Waals surface area contributed by atoms with Crippen LogP contribution in [-0.2, 0) is 0 Å². The Balaban J connectivity index is 0.000000629. The Kier molecular flexibility index (Phi) is 48.9. The van der Waals surface area contributed by atoms with Gasteiger partial charge in [-0.3, -0.25) is 0 Å². The third kappa shape index (κ3) is 46.0. The van der Waals surface area contributed by atoms with Crippen molar-refractivity contribution in [1.29, 1.82) is 0 Å². The smallest absolute Gasteiger partial charge is 0.0319 e. The molecule has 302 valence electrons. The van der Waals surface area contributed by atoms with Crippen LogP contribution in [0.2, 0.25) is 0 Å². The Morgan fingerprint density at radius 3 is 0.140 bits per heavy atom. The van der Waals surface area contributed by atoms with E-state index in [1.54, 1.807) is 0 Å². The molecule has 4 saturated carbocycles. The normalized spacial score (nSPS) is 23.2. The third-order valence-electron chi connectivity index (χ3n) is 12.0. The number of aliphatic hydroxyl groups excluding tert-OH is 1. The molecular weight excluding hydrogens is 605 g/mol. The maximum atomic E-state index is 7.00. The van der Waals surface area contributed by atoms with Crippen molar-refractivity contribution in [2.24, 2.45) is 0 Å². The minimum absolute atomic E-state index is 1.00. The van der Waals surface area contributed by atoms with Crippen molar-refractivity contribution in [3.8, 4) is 0 Å². The average molecular weight is 705 g/mol. The Morgan fingerprint density at radius 2 is 0.120 bits per heavy atom. The summed E-state index contributed by atoms with van der Waals surface area (Å²) in [4.78, 5) is 0. The first kappa shape index (κ1) is 50.0. The van der Waals surface area contributed by atoms with Gasteiger partial charge in [0, 0.05) is 7.11 Å². The van der Waals surface area contributed by atoms with Crippen molar-refractivity contribution in [1.82, 2.24) is 0 Å². The molecule has 0 atom stereocenters. The lowest BCUT2D eigenvalue weighted by atomic mass is 10.0. The van der Waals surface area contributed by atoms with Crippen molar-refractivity contribution >= 4 is 0 Å². The molecule has 0 saturated heterocycles. The van der Waals surface area contributed by atoms with Crippen LogP contribution in [0.4, 0.5) is 0 Å². The fourth-order valence-electron chi connectivity index (χ4n) is 8.49. The molecule has 0 aliphatic heterocycles. The zero-order valence-corrected chi connectivity index (χ0v) is 35.4. The van der Waals surface area contributed by atoms with Crippen LogP contribution in [0.1, 0.15) is 308 Å². The molecule has 0 heterocycles. The highest BCUT2D eigenvalue weighted by atomic mass is 16.2. The minimum Gasteiger partial charge on any atom is -0.400 e. The SMILES string of the molecule is C1CCCCCCCCCCC1.C1CCCCCCCCCCC1.C1CCCCCCCCCCC1.C1CCCCCCCCCCC1.CO. The van der Waals surface area contributed by atoms with Crippen molar-refractivity contribution in [3.63, 3.8) is 0 Å². The van der Waals surface area contributed by atoms with Gasteiger partial charge in [-0.25, -0.2) is 0 Å². The molecule has 0 aromatic carbocycles. The van der Waals surface area contributed by atoms with Crippen molar-refractivity contribution in [3.05, 3.63) is 0 Å². The molecular formula is C49H100O. The maximum Gasteiger partial charge on any atom is 0.0319 e. The molecule has 1 N–H and O–H groups in total. The molecule has 4 aliphatic carbocycles. The van der Waals surface area contributed by atoms with Crippen LogP contribution in [0, 0.1) is 0 Å².